The van der Waals surface area contributed by atoms with E-state index in [1.807, 2.05) is 25.1 Å². The van der Waals surface area contributed by atoms with E-state index in [0.29, 0.717) is 29.2 Å². The summed E-state index contributed by atoms with van der Waals surface area (Å²) in [6.07, 6.45) is 1.60. The fraction of sp³-hybridized carbons (Fsp3) is 0.115. The Kier molecular flexibility index (Phi) is 5.41. The van der Waals surface area contributed by atoms with Crippen molar-refractivity contribution in [1.82, 2.24) is 20.0 Å². The van der Waals surface area contributed by atoms with E-state index < -0.39 is 11.7 Å². The van der Waals surface area contributed by atoms with Gasteiger partial charge in [-0.15, -0.1) is 0 Å². The van der Waals surface area contributed by atoms with Gasteiger partial charge in [-0.1, -0.05) is 6.07 Å². The van der Waals surface area contributed by atoms with E-state index in [1.165, 1.54) is 18.2 Å². The highest BCUT2D eigenvalue weighted by Crippen LogP contribution is 2.32. The highest BCUT2D eigenvalue weighted by Gasteiger charge is 2.17. The predicted molar refractivity (Wildman–Crippen MR) is 127 cm³/mol. The second kappa shape index (κ2) is 8.55. The lowest BCUT2D eigenvalue weighted by molar-refractivity contribution is 0.102. The van der Waals surface area contributed by atoms with Crippen LogP contribution in [-0.2, 0) is 6.54 Å². The van der Waals surface area contributed by atoms with Gasteiger partial charge in [-0.05, 0) is 79.1 Å². The maximum atomic E-state index is 14.8. The van der Waals surface area contributed by atoms with Crippen molar-refractivity contribution in [1.29, 1.82) is 0 Å². The number of carbonyl (C=O) groups excluding carboxylic acids is 1. The SMILES string of the molecule is CCn1nccc1NC(=O)c1cc(F)c(C)c(-c2ccc3c(-c4ccc(F)cc4)n[nH]c3c2)c1. The number of amides is 1. The molecule has 0 saturated carbocycles. The Labute approximate surface area is 194 Å². The first kappa shape index (κ1) is 21.5. The van der Waals surface area contributed by atoms with Gasteiger partial charge in [0.15, 0.2) is 0 Å². The number of anilines is 1. The first-order valence-corrected chi connectivity index (χ1v) is 10.8. The van der Waals surface area contributed by atoms with E-state index in [9.17, 15) is 13.6 Å². The van der Waals surface area contributed by atoms with Crippen molar-refractivity contribution < 1.29 is 13.6 Å². The van der Waals surface area contributed by atoms with Gasteiger partial charge in [0, 0.05) is 29.1 Å². The maximum absolute atomic E-state index is 14.8. The van der Waals surface area contributed by atoms with Crippen LogP contribution in [0, 0.1) is 18.6 Å². The zero-order valence-corrected chi connectivity index (χ0v) is 18.6. The van der Waals surface area contributed by atoms with E-state index >= 15 is 0 Å². The summed E-state index contributed by atoms with van der Waals surface area (Å²) in [5, 5.41) is 15.2. The number of benzene rings is 3. The molecule has 5 rings (SSSR count). The van der Waals surface area contributed by atoms with E-state index in [2.05, 4.69) is 20.6 Å². The third-order valence-corrected chi connectivity index (χ3v) is 5.86. The van der Waals surface area contributed by atoms with Crippen LogP contribution in [-0.4, -0.2) is 25.9 Å². The molecular weight excluding hydrogens is 436 g/mol. The van der Waals surface area contributed by atoms with Crippen molar-refractivity contribution in [3.8, 4) is 22.4 Å². The van der Waals surface area contributed by atoms with Crippen LogP contribution < -0.4 is 5.32 Å². The quantitative estimate of drug-likeness (QED) is 0.342. The second-order valence-corrected chi connectivity index (χ2v) is 7.96. The zero-order valence-electron chi connectivity index (χ0n) is 18.6. The molecule has 5 aromatic rings. The van der Waals surface area contributed by atoms with E-state index in [4.69, 9.17) is 0 Å². The van der Waals surface area contributed by atoms with E-state index in [0.717, 1.165) is 22.0 Å². The molecule has 3 aromatic carbocycles. The molecule has 1 amide bonds. The summed E-state index contributed by atoms with van der Waals surface area (Å²) in [7, 11) is 0. The van der Waals surface area contributed by atoms with Gasteiger partial charge in [-0.3, -0.25) is 9.89 Å². The third-order valence-electron chi connectivity index (χ3n) is 5.86. The minimum Gasteiger partial charge on any atom is -0.307 e. The van der Waals surface area contributed by atoms with Crippen molar-refractivity contribution >= 4 is 22.6 Å². The Hall–Kier alpha value is -4.33. The molecule has 0 unspecified atom stereocenters. The van der Waals surface area contributed by atoms with Gasteiger partial charge in [0.1, 0.15) is 17.5 Å². The van der Waals surface area contributed by atoms with Crippen molar-refractivity contribution in [3.63, 3.8) is 0 Å². The Bertz CT molecular complexity index is 1520. The molecule has 2 heterocycles. The first-order valence-electron chi connectivity index (χ1n) is 10.8. The molecule has 6 nitrogen and oxygen atoms in total. The summed E-state index contributed by atoms with van der Waals surface area (Å²) in [6, 6.07) is 16.3. The molecule has 0 bridgehead atoms. The molecule has 2 aromatic heterocycles. The molecule has 2 N–H and O–H groups in total. The number of aryl methyl sites for hydroxylation is 1. The third kappa shape index (κ3) is 3.83. The molecule has 34 heavy (non-hydrogen) atoms. The monoisotopic (exact) mass is 457 g/mol. The van der Waals surface area contributed by atoms with E-state index in [1.54, 1.807) is 42.1 Å². The normalized spacial score (nSPS) is 11.2. The number of nitrogens with zero attached hydrogens (tertiary/aromatic N) is 3. The number of fused-ring (bicyclic) bond motifs is 1. The maximum Gasteiger partial charge on any atom is 0.256 e. The van der Waals surface area contributed by atoms with Gasteiger partial charge < -0.3 is 5.32 Å². The minimum atomic E-state index is -0.469. The van der Waals surface area contributed by atoms with Crippen LogP contribution in [0.15, 0.2) is 66.9 Å². The van der Waals surface area contributed by atoms with Crippen LogP contribution in [0.25, 0.3) is 33.3 Å². The summed E-state index contributed by atoms with van der Waals surface area (Å²) in [5.74, 6) is -0.659. The average molecular weight is 457 g/mol. The molecule has 0 aliphatic carbocycles. The van der Waals surface area contributed by atoms with Crippen LogP contribution in [0.1, 0.15) is 22.8 Å². The molecule has 0 spiro atoms. The first-order chi connectivity index (χ1) is 16.4. The fourth-order valence-electron chi connectivity index (χ4n) is 4.00. The molecule has 0 atom stereocenters. The number of hydrogen-bond donors (Lipinski definition) is 2. The molecule has 0 aliphatic heterocycles. The number of hydrogen-bond acceptors (Lipinski definition) is 3. The highest BCUT2D eigenvalue weighted by molar-refractivity contribution is 6.05. The predicted octanol–water partition coefficient (Wildman–Crippen LogP) is 5.95. The largest absolute Gasteiger partial charge is 0.307 e. The Morgan fingerprint density at radius 2 is 1.79 bits per heavy atom. The second-order valence-electron chi connectivity index (χ2n) is 7.96. The smallest absolute Gasteiger partial charge is 0.256 e. The van der Waals surface area contributed by atoms with Gasteiger partial charge in [-0.2, -0.15) is 10.2 Å². The number of halogens is 2. The van der Waals surface area contributed by atoms with Gasteiger partial charge in [0.05, 0.1) is 17.4 Å². The standard InChI is InChI=1S/C26H21F2N5O/c1-3-33-24(10-11-29-33)30-26(34)18-12-21(15(2)22(28)13-18)17-6-9-20-23(14-17)31-32-25(20)16-4-7-19(27)8-5-16/h4-14H,3H2,1-2H3,(H,30,34)(H,31,32). The average Bonchev–Trinajstić information content (AvgIpc) is 3.47. The molecular formula is C26H21F2N5O. The summed E-state index contributed by atoms with van der Waals surface area (Å²) in [4.78, 5) is 12.9. The van der Waals surface area contributed by atoms with Crippen molar-refractivity contribution in [2.75, 3.05) is 5.32 Å². The Morgan fingerprint density at radius 1 is 1.03 bits per heavy atom. The number of nitrogens with one attached hydrogen (secondary N) is 2. The van der Waals surface area contributed by atoms with Crippen molar-refractivity contribution in [2.45, 2.75) is 20.4 Å². The lowest BCUT2D eigenvalue weighted by Gasteiger charge is -2.12. The summed E-state index contributed by atoms with van der Waals surface area (Å²) < 4.78 is 29.8. The molecule has 0 saturated heterocycles. The van der Waals surface area contributed by atoms with Crippen molar-refractivity contribution in [2.24, 2.45) is 0 Å². The van der Waals surface area contributed by atoms with Crippen molar-refractivity contribution in [3.05, 3.63) is 89.6 Å². The molecule has 0 aliphatic rings. The zero-order chi connectivity index (χ0) is 23.8. The molecule has 170 valence electrons. The van der Waals surface area contributed by atoms with Crippen LogP contribution in [0.5, 0.6) is 0 Å². The number of rotatable bonds is 5. The van der Waals surface area contributed by atoms with E-state index in [-0.39, 0.29) is 11.4 Å². The molecule has 0 radical (unpaired) electrons. The Balaban J connectivity index is 1.51. The number of aromatic nitrogens is 4. The minimum absolute atomic E-state index is 0.207. The number of H-pyrrole nitrogens is 1. The number of carbonyl (C=O) groups is 1. The van der Waals surface area contributed by atoms with Gasteiger partial charge >= 0.3 is 0 Å². The Morgan fingerprint density at radius 3 is 2.56 bits per heavy atom. The van der Waals surface area contributed by atoms with Crippen LogP contribution in [0.2, 0.25) is 0 Å². The number of aromatic amines is 1. The summed E-state index contributed by atoms with van der Waals surface area (Å²) in [6.45, 7) is 4.19. The summed E-state index contributed by atoms with van der Waals surface area (Å²) >= 11 is 0. The molecule has 8 heteroatoms. The highest BCUT2D eigenvalue weighted by atomic mass is 19.1. The fourth-order valence-corrected chi connectivity index (χ4v) is 4.00. The molecule has 0 fully saturated rings. The van der Waals surface area contributed by atoms with Gasteiger partial charge in [0.2, 0.25) is 0 Å². The van der Waals surface area contributed by atoms with Crippen LogP contribution in [0.4, 0.5) is 14.6 Å². The van der Waals surface area contributed by atoms with Gasteiger partial charge in [-0.25, -0.2) is 13.5 Å². The topological polar surface area (TPSA) is 75.6 Å². The van der Waals surface area contributed by atoms with Gasteiger partial charge in [0.25, 0.3) is 5.91 Å². The summed E-state index contributed by atoms with van der Waals surface area (Å²) in [5.41, 5.74) is 4.22. The lowest BCUT2D eigenvalue weighted by Crippen LogP contribution is -2.16. The van der Waals surface area contributed by atoms with Crippen LogP contribution >= 0.6 is 0 Å². The van der Waals surface area contributed by atoms with Crippen LogP contribution in [0.3, 0.4) is 0 Å². The lowest BCUT2D eigenvalue weighted by atomic mass is 9.96.